The van der Waals surface area contributed by atoms with Crippen molar-refractivity contribution in [1.29, 1.82) is 5.26 Å². The Balaban J connectivity index is 1.97. The van der Waals surface area contributed by atoms with Gasteiger partial charge >= 0.3 is 5.69 Å². The third kappa shape index (κ3) is 3.64. The number of nitrogens with zero attached hydrogens (tertiary/aromatic N) is 4. The highest BCUT2D eigenvalue weighted by Crippen LogP contribution is 2.29. The minimum atomic E-state index is -0.752. The van der Waals surface area contributed by atoms with E-state index in [9.17, 15) is 25.0 Å². The molecule has 10 nitrogen and oxygen atoms in total. The van der Waals surface area contributed by atoms with Crippen LogP contribution in [0, 0.1) is 21.4 Å². The number of anilines is 1. The van der Waals surface area contributed by atoms with Crippen molar-refractivity contribution in [2.45, 2.75) is 0 Å². The number of aromatic nitrogens is 2. The Morgan fingerprint density at radius 3 is 2.53 bits per heavy atom. The molecule has 1 heterocycles. The largest absolute Gasteiger partial charge is 0.495 e. The van der Waals surface area contributed by atoms with Crippen LogP contribution in [0.25, 0.3) is 17.1 Å². The summed E-state index contributed by atoms with van der Waals surface area (Å²) in [5.41, 5.74) is 1.33. The Kier molecular flexibility index (Phi) is 5.37. The molecule has 1 aromatic heterocycles. The first-order chi connectivity index (χ1) is 14.3. The van der Waals surface area contributed by atoms with Crippen molar-refractivity contribution in [1.82, 2.24) is 9.13 Å². The van der Waals surface area contributed by atoms with E-state index in [4.69, 9.17) is 4.74 Å². The molecule has 0 bridgehead atoms. The molecule has 0 aliphatic rings. The van der Waals surface area contributed by atoms with Crippen LogP contribution in [0.5, 0.6) is 5.75 Å². The second kappa shape index (κ2) is 7.92. The number of fused-ring (bicyclic) bond motifs is 1. The molecule has 0 fully saturated rings. The lowest BCUT2D eigenvalue weighted by Crippen LogP contribution is -2.19. The van der Waals surface area contributed by atoms with E-state index in [-0.39, 0.29) is 28.4 Å². The smallest absolute Gasteiger partial charge is 0.328 e. The summed E-state index contributed by atoms with van der Waals surface area (Å²) >= 11 is 0. The van der Waals surface area contributed by atoms with Crippen LogP contribution < -0.4 is 15.7 Å². The quantitative estimate of drug-likeness (QED) is 0.299. The van der Waals surface area contributed by atoms with Crippen molar-refractivity contribution in [2.75, 3.05) is 12.4 Å². The maximum Gasteiger partial charge on any atom is 0.328 e. The van der Waals surface area contributed by atoms with Crippen molar-refractivity contribution in [3.8, 4) is 11.8 Å². The predicted octanol–water partition coefficient (Wildman–Crippen LogP) is 2.34. The summed E-state index contributed by atoms with van der Waals surface area (Å²) < 4.78 is 8.07. The molecule has 10 heteroatoms. The van der Waals surface area contributed by atoms with Gasteiger partial charge in [0.15, 0.2) is 0 Å². The fourth-order valence-corrected chi connectivity index (χ4v) is 3.03. The molecular formula is C20H17N5O5. The number of benzene rings is 2. The van der Waals surface area contributed by atoms with Gasteiger partial charge in [0, 0.05) is 26.2 Å². The molecule has 0 unspecified atom stereocenters. The Morgan fingerprint density at radius 1 is 1.20 bits per heavy atom. The van der Waals surface area contributed by atoms with E-state index in [1.54, 1.807) is 32.3 Å². The summed E-state index contributed by atoms with van der Waals surface area (Å²) in [5, 5.41) is 22.9. The molecule has 0 aliphatic heterocycles. The molecule has 0 saturated heterocycles. The minimum Gasteiger partial charge on any atom is -0.495 e. The molecular weight excluding hydrogens is 390 g/mol. The molecule has 0 spiro atoms. The van der Waals surface area contributed by atoms with Crippen molar-refractivity contribution >= 4 is 34.4 Å². The van der Waals surface area contributed by atoms with Crippen LogP contribution in [-0.2, 0) is 18.9 Å². The monoisotopic (exact) mass is 407 g/mol. The number of non-ortho nitro benzene ring substituents is 1. The van der Waals surface area contributed by atoms with Gasteiger partial charge in [0.1, 0.15) is 17.4 Å². The van der Waals surface area contributed by atoms with Crippen molar-refractivity contribution in [2.24, 2.45) is 14.1 Å². The number of hydrogen-bond acceptors (Lipinski definition) is 6. The lowest BCUT2D eigenvalue weighted by molar-refractivity contribution is -0.384. The topological polar surface area (TPSA) is 132 Å². The number of nitrogens with one attached hydrogen (secondary N) is 1. The van der Waals surface area contributed by atoms with E-state index in [2.05, 4.69) is 5.32 Å². The van der Waals surface area contributed by atoms with Gasteiger partial charge in [-0.25, -0.2) is 4.79 Å². The van der Waals surface area contributed by atoms with Crippen LogP contribution in [0.1, 0.15) is 5.56 Å². The first-order valence-electron chi connectivity index (χ1n) is 8.68. The van der Waals surface area contributed by atoms with E-state index in [1.807, 2.05) is 6.07 Å². The number of nitriles is 1. The zero-order valence-electron chi connectivity index (χ0n) is 16.4. The summed E-state index contributed by atoms with van der Waals surface area (Å²) in [5.74, 6) is -0.537. The minimum absolute atomic E-state index is 0.0683. The number of nitro benzene ring substituents is 1. The molecule has 3 rings (SSSR count). The van der Waals surface area contributed by atoms with Crippen molar-refractivity contribution < 1.29 is 14.5 Å². The Labute approximate surface area is 170 Å². The van der Waals surface area contributed by atoms with Crippen LogP contribution in [-0.4, -0.2) is 27.1 Å². The van der Waals surface area contributed by atoms with Gasteiger partial charge in [0.2, 0.25) is 0 Å². The van der Waals surface area contributed by atoms with E-state index >= 15 is 0 Å². The van der Waals surface area contributed by atoms with Gasteiger partial charge in [-0.3, -0.25) is 24.0 Å². The second-order valence-electron chi connectivity index (χ2n) is 6.41. The summed E-state index contributed by atoms with van der Waals surface area (Å²) in [7, 11) is 4.64. The van der Waals surface area contributed by atoms with Crippen molar-refractivity contribution in [3.63, 3.8) is 0 Å². The number of ether oxygens (including phenoxy) is 1. The summed E-state index contributed by atoms with van der Waals surface area (Å²) in [4.78, 5) is 35.0. The van der Waals surface area contributed by atoms with Crippen LogP contribution >= 0.6 is 0 Å². The van der Waals surface area contributed by atoms with Gasteiger partial charge in [0.25, 0.3) is 11.6 Å². The lowest BCUT2D eigenvalue weighted by Gasteiger charge is -2.09. The third-order valence-electron chi connectivity index (χ3n) is 4.61. The average Bonchev–Trinajstić information content (AvgIpc) is 2.95. The number of carbonyl (C=O) groups excluding carboxylic acids is 1. The molecule has 1 amide bonds. The number of imidazole rings is 1. The molecule has 0 atom stereocenters. The first kappa shape index (κ1) is 20.3. The third-order valence-corrected chi connectivity index (χ3v) is 4.61. The summed E-state index contributed by atoms with van der Waals surface area (Å²) in [6.45, 7) is 0. The zero-order valence-corrected chi connectivity index (χ0v) is 16.4. The average molecular weight is 407 g/mol. The number of aryl methyl sites for hydroxylation is 2. The van der Waals surface area contributed by atoms with Gasteiger partial charge in [-0.1, -0.05) is 6.07 Å². The molecule has 0 saturated carbocycles. The lowest BCUT2D eigenvalue weighted by atomic mass is 10.1. The van der Waals surface area contributed by atoms with E-state index in [0.717, 1.165) is 6.07 Å². The number of carbonyl (C=O) groups is 1. The fourth-order valence-electron chi connectivity index (χ4n) is 3.03. The second-order valence-corrected chi connectivity index (χ2v) is 6.41. The highest BCUT2D eigenvalue weighted by molar-refractivity contribution is 6.10. The molecule has 1 N–H and O–H groups in total. The number of nitro groups is 1. The summed E-state index contributed by atoms with van der Waals surface area (Å²) in [6.07, 6.45) is 1.37. The zero-order chi connectivity index (χ0) is 22.0. The summed E-state index contributed by atoms with van der Waals surface area (Å²) in [6, 6.07) is 10.7. The number of rotatable bonds is 5. The normalized spacial score (nSPS) is 11.2. The predicted molar refractivity (Wildman–Crippen MR) is 110 cm³/mol. The maximum absolute atomic E-state index is 12.6. The molecule has 2 aromatic carbocycles. The van der Waals surface area contributed by atoms with Crippen LogP contribution in [0.3, 0.4) is 0 Å². The first-order valence-corrected chi connectivity index (χ1v) is 8.68. The Hall–Kier alpha value is -4.39. The van der Waals surface area contributed by atoms with Crippen LogP contribution in [0.4, 0.5) is 11.4 Å². The molecule has 152 valence electrons. The molecule has 3 aromatic rings. The molecule has 30 heavy (non-hydrogen) atoms. The standard InChI is InChI=1S/C20H17N5O5/c1-23-16-6-4-12(9-17(16)24(2)20(23)27)8-13(11-21)19(26)22-15-10-14(25(28)29)5-7-18(15)30-3/h4-10H,1-3H3,(H,22,26)/b13-8+. The van der Waals surface area contributed by atoms with Gasteiger partial charge in [-0.05, 0) is 29.8 Å². The number of amides is 1. The van der Waals surface area contributed by atoms with E-state index < -0.39 is 10.8 Å². The maximum atomic E-state index is 12.6. The Bertz CT molecular complexity index is 1310. The molecule has 0 radical (unpaired) electrons. The van der Waals surface area contributed by atoms with E-state index in [0.29, 0.717) is 16.6 Å². The highest BCUT2D eigenvalue weighted by atomic mass is 16.6. The highest BCUT2D eigenvalue weighted by Gasteiger charge is 2.16. The van der Waals surface area contributed by atoms with Gasteiger partial charge in [-0.15, -0.1) is 0 Å². The van der Waals surface area contributed by atoms with Gasteiger partial charge in [0.05, 0.1) is 28.8 Å². The Morgan fingerprint density at radius 2 is 1.90 bits per heavy atom. The number of methoxy groups -OCH3 is 1. The fraction of sp³-hybridized carbons (Fsp3) is 0.150. The van der Waals surface area contributed by atoms with Crippen molar-refractivity contribution in [3.05, 3.63) is 68.1 Å². The SMILES string of the molecule is COc1ccc([N+](=O)[O-])cc1NC(=O)/C(C#N)=C/c1ccc2c(c1)n(C)c(=O)n2C. The number of hydrogen-bond donors (Lipinski definition) is 1. The molecule has 0 aliphatic carbocycles. The van der Waals surface area contributed by atoms with Gasteiger partial charge in [-0.2, -0.15) is 5.26 Å². The van der Waals surface area contributed by atoms with Crippen LogP contribution in [0.2, 0.25) is 0 Å². The van der Waals surface area contributed by atoms with E-state index in [1.165, 1.54) is 34.5 Å². The van der Waals surface area contributed by atoms with Crippen LogP contribution in [0.15, 0.2) is 46.8 Å². The van der Waals surface area contributed by atoms with Gasteiger partial charge < -0.3 is 10.1 Å².